The Morgan fingerprint density at radius 3 is 2.76 bits per heavy atom. The minimum atomic E-state index is -0.997. The quantitative estimate of drug-likeness (QED) is 0.433. The van der Waals surface area contributed by atoms with E-state index >= 15 is 0 Å². The Bertz CT molecular complexity index is 259. The first-order chi connectivity index (χ1) is 8.11. The van der Waals surface area contributed by atoms with Gasteiger partial charge in [0.25, 0.3) is 0 Å². The van der Waals surface area contributed by atoms with Gasteiger partial charge >= 0.3 is 12.0 Å². The molecule has 6 heteroatoms. The number of urea groups is 1. The van der Waals surface area contributed by atoms with Crippen molar-refractivity contribution in [3.05, 3.63) is 12.7 Å². The van der Waals surface area contributed by atoms with Gasteiger partial charge in [-0.1, -0.05) is 19.4 Å². The average molecular weight is 260 g/mol. The van der Waals surface area contributed by atoms with Crippen LogP contribution in [0.5, 0.6) is 0 Å². The highest BCUT2D eigenvalue weighted by Crippen LogP contribution is 1.98. The zero-order chi connectivity index (χ0) is 13.1. The Labute approximate surface area is 106 Å². The van der Waals surface area contributed by atoms with E-state index in [4.69, 9.17) is 5.11 Å². The molecule has 1 unspecified atom stereocenters. The molecule has 2 amide bonds. The van der Waals surface area contributed by atoms with Gasteiger partial charge in [-0.15, -0.1) is 6.58 Å². The first-order valence-corrected chi connectivity index (χ1v) is 6.73. The molecule has 17 heavy (non-hydrogen) atoms. The van der Waals surface area contributed by atoms with E-state index in [1.54, 1.807) is 17.8 Å². The molecule has 0 fully saturated rings. The number of carbonyl (C=O) groups excluding carboxylic acids is 1. The smallest absolute Gasteiger partial charge is 0.326 e. The fourth-order valence-electron chi connectivity index (χ4n) is 1.16. The van der Waals surface area contributed by atoms with Crippen LogP contribution in [0.25, 0.3) is 0 Å². The Morgan fingerprint density at radius 1 is 1.53 bits per heavy atom. The first-order valence-electron chi connectivity index (χ1n) is 5.57. The maximum Gasteiger partial charge on any atom is 0.326 e. The fraction of sp³-hybridized carbons (Fsp3) is 0.636. The molecule has 0 aliphatic carbocycles. The van der Waals surface area contributed by atoms with Crippen LogP contribution < -0.4 is 10.6 Å². The number of hydrogen-bond acceptors (Lipinski definition) is 3. The number of carboxylic acid groups (broad SMARTS) is 1. The molecule has 0 radical (unpaired) electrons. The molecule has 5 nitrogen and oxygen atoms in total. The minimum Gasteiger partial charge on any atom is -0.480 e. The molecular formula is C11H20N2O3S. The number of amides is 2. The summed E-state index contributed by atoms with van der Waals surface area (Å²) < 4.78 is 0. The van der Waals surface area contributed by atoms with Crippen LogP contribution in [0, 0.1) is 0 Å². The lowest BCUT2D eigenvalue weighted by molar-refractivity contribution is -0.139. The molecule has 0 saturated heterocycles. The van der Waals surface area contributed by atoms with E-state index in [-0.39, 0.29) is 0 Å². The van der Waals surface area contributed by atoms with Crippen molar-refractivity contribution in [2.45, 2.75) is 25.8 Å². The molecule has 98 valence electrons. The lowest BCUT2D eigenvalue weighted by Gasteiger charge is -2.14. The van der Waals surface area contributed by atoms with Crippen LogP contribution in [0.3, 0.4) is 0 Å². The third-order valence-electron chi connectivity index (χ3n) is 1.95. The van der Waals surface area contributed by atoms with Crippen molar-refractivity contribution < 1.29 is 14.7 Å². The van der Waals surface area contributed by atoms with E-state index in [0.717, 1.165) is 11.5 Å². The lowest BCUT2D eigenvalue weighted by atomic mass is 10.2. The van der Waals surface area contributed by atoms with Crippen LogP contribution in [0.4, 0.5) is 4.79 Å². The molecule has 1 atom stereocenters. The van der Waals surface area contributed by atoms with Crippen molar-refractivity contribution in [2.75, 3.05) is 18.1 Å². The second kappa shape index (κ2) is 10.0. The average Bonchev–Trinajstić information content (AvgIpc) is 2.28. The van der Waals surface area contributed by atoms with Gasteiger partial charge in [-0.3, -0.25) is 0 Å². The van der Waals surface area contributed by atoms with Crippen molar-refractivity contribution in [1.29, 1.82) is 0 Å². The van der Waals surface area contributed by atoms with Gasteiger partial charge in [0.15, 0.2) is 0 Å². The maximum atomic E-state index is 11.4. The molecular weight excluding hydrogens is 240 g/mol. The molecule has 0 aliphatic rings. The van der Waals surface area contributed by atoms with Crippen LogP contribution in [0.1, 0.15) is 19.8 Å². The second-order valence-corrected chi connectivity index (χ2v) is 4.59. The second-order valence-electron chi connectivity index (χ2n) is 3.44. The summed E-state index contributed by atoms with van der Waals surface area (Å²) in [6, 6.07) is -1.23. The summed E-state index contributed by atoms with van der Waals surface area (Å²) in [5.41, 5.74) is 0. The normalized spacial score (nSPS) is 11.6. The van der Waals surface area contributed by atoms with Crippen LogP contribution in [-0.2, 0) is 4.79 Å². The number of carboxylic acids is 1. The monoisotopic (exact) mass is 260 g/mol. The van der Waals surface area contributed by atoms with Gasteiger partial charge in [0.1, 0.15) is 6.04 Å². The van der Waals surface area contributed by atoms with Crippen molar-refractivity contribution in [3.8, 4) is 0 Å². The fourth-order valence-corrected chi connectivity index (χ4v) is 1.74. The molecule has 0 spiro atoms. The number of thioether (sulfide) groups is 1. The van der Waals surface area contributed by atoms with Gasteiger partial charge in [-0.05, 0) is 6.42 Å². The van der Waals surface area contributed by atoms with E-state index in [2.05, 4.69) is 17.2 Å². The van der Waals surface area contributed by atoms with Gasteiger partial charge in [-0.2, -0.15) is 11.8 Å². The highest BCUT2D eigenvalue weighted by molar-refractivity contribution is 7.99. The molecule has 0 bridgehead atoms. The number of rotatable bonds is 9. The SMILES string of the molecule is C=CCSCCNC(=O)NC(CCC)C(=O)O. The van der Waals surface area contributed by atoms with Crippen LogP contribution in [-0.4, -0.2) is 41.2 Å². The lowest BCUT2D eigenvalue weighted by Crippen LogP contribution is -2.46. The molecule has 0 aliphatic heterocycles. The van der Waals surface area contributed by atoms with Crippen LogP contribution >= 0.6 is 11.8 Å². The van der Waals surface area contributed by atoms with Crippen molar-refractivity contribution in [1.82, 2.24) is 10.6 Å². The molecule has 0 aromatic carbocycles. The topological polar surface area (TPSA) is 78.4 Å². The zero-order valence-electron chi connectivity index (χ0n) is 10.1. The number of aliphatic carboxylic acids is 1. The zero-order valence-corrected chi connectivity index (χ0v) is 10.9. The van der Waals surface area contributed by atoms with E-state index in [1.165, 1.54) is 0 Å². The molecule has 3 N–H and O–H groups in total. The van der Waals surface area contributed by atoms with Gasteiger partial charge in [0.2, 0.25) is 0 Å². The summed E-state index contributed by atoms with van der Waals surface area (Å²) in [6.07, 6.45) is 2.95. The Hall–Kier alpha value is -1.17. The predicted octanol–water partition coefficient (Wildman–Crippen LogP) is 1.46. The summed E-state index contributed by atoms with van der Waals surface area (Å²) in [6.45, 7) is 5.98. The van der Waals surface area contributed by atoms with E-state index < -0.39 is 18.0 Å². The van der Waals surface area contributed by atoms with E-state index in [9.17, 15) is 9.59 Å². The summed E-state index contributed by atoms with van der Waals surface area (Å²) in [4.78, 5) is 22.1. The van der Waals surface area contributed by atoms with Crippen molar-refractivity contribution >= 4 is 23.8 Å². The number of nitrogens with one attached hydrogen (secondary N) is 2. The molecule has 0 rings (SSSR count). The summed E-state index contributed by atoms with van der Waals surface area (Å²) >= 11 is 1.65. The molecule has 0 saturated carbocycles. The minimum absolute atomic E-state index is 0.426. The number of carbonyl (C=O) groups is 2. The van der Waals surface area contributed by atoms with Gasteiger partial charge in [0, 0.05) is 18.1 Å². The number of hydrogen-bond donors (Lipinski definition) is 3. The van der Waals surface area contributed by atoms with Crippen molar-refractivity contribution in [2.24, 2.45) is 0 Å². The third kappa shape index (κ3) is 8.62. The van der Waals surface area contributed by atoms with Gasteiger partial charge in [-0.25, -0.2) is 9.59 Å². The Morgan fingerprint density at radius 2 is 2.24 bits per heavy atom. The van der Waals surface area contributed by atoms with E-state index in [0.29, 0.717) is 19.4 Å². The molecule has 0 aromatic rings. The van der Waals surface area contributed by atoms with E-state index in [1.807, 2.05) is 6.92 Å². The summed E-state index contributed by atoms with van der Waals surface area (Å²) in [5, 5.41) is 13.9. The van der Waals surface area contributed by atoms with Crippen LogP contribution in [0.2, 0.25) is 0 Å². The van der Waals surface area contributed by atoms with Crippen molar-refractivity contribution in [3.63, 3.8) is 0 Å². The summed E-state index contributed by atoms with van der Waals surface area (Å²) in [5.74, 6) is 0.630. The molecule has 0 aromatic heterocycles. The predicted molar refractivity (Wildman–Crippen MR) is 70.4 cm³/mol. The largest absolute Gasteiger partial charge is 0.480 e. The standard InChI is InChI=1S/C11H20N2O3S/c1-3-5-9(10(14)15)13-11(16)12-6-8-17-7-4-2/h4,9H,2-3,5-8H2,1H3,(H,14,15)(H2,12,13,16). The highest BCUT2D eigenvalue weighted by atomic mass is 32.2. The highest BCUT2D eigenvalue weighted by Gasteiger charge is 2.17. The molecule has 0 heterocycles. The maximum absolute atomic E-state index is 11.4. The Balaban J connectivity index is 3.74. The third-order valence-corrected chi connectivity index (χ3v) is 2.91. The van der Waals surface area contributed by atoms with Gasteiger partial charge < -0.3 is 15.7 Å². The summed E-state index contributed by atoms with van der Waals surface area (Å²) in [7, 11) is 0. The Kier molecular flexibility index (Phi) is 9.33. The van der Waals surface area contributed by atoms with Crippen LogP contribution in [0.15, 0.2) is 12.7 Å². The first kappa shape index (κ1) is 15.8. The van der Waals surface area contributed by atoms with Gasteiger partial charge in [0.05, 0.1) is 0 Å².